The summed E-state index contributed by atoms with van der Waals surface area (Å²) < 4.78 is 1.39. The number of H-pyrrole nitrogens is 1. The van der Waals surface area contributed by atoms with Gasteiger partial charge in [0.2, 0.25) is 0 Å². The maximum absolute atomic E-state index is 12.4. The van der Waals surface area contributed by atoms with Crippen LogP contribution < -0.4 is 22.2 Å². The minimum absolute atomic E-state index is 0. The molecule has 0 saturated carbocycles. The molecule has 2 aromatic rings. The van der Waals surface area contributed by atoms with Gasteiger partial charge in [0.1, 0.15) is 0 Å². The van der Waals surface area contributed by atoms with E-state index < -0.39 is 11.1 Å². The number of aromatic nitrogens is 2. The number of rotatable bonds is 6. The molecule has 1 heterocycles. The van der Waals surface area contributed by atoms with Crippen molar-refractivity contribution in [3.05, 3.63) is 44.5 Å². The minimum atomic E-state index is -0.693. The van der Waals surface area contributed by atoms with Crippen LogP contribution >= 0.6 is 12.4 Å². The molecule has 1 aromatic carbocycles. The van der Waals surface area contributed by atoms with Crippen LogP contribution in [0.25, 0.3) is 11.0 Å². The first kappa shape index (κ1) is 20.9. The lowest BCUT2D eigenvalue weighted by Crippen LogP contribution is -2.41. The molecule has 0 saturated heterocycles. The van der Waals surface area contributed by atoms with Gasteiger partial charge in [-0.2, -0.15) is 0 Å². The van der Waals surface area contributed by atoms with Crippen molar-refractivity contribution in [2.24, 2.45) is 11.7 Å². The predicted octanol–water partition coefficient (Wildman–Crippen LogP) is 1.23. The summed E-state index contributed by atoms with van der Waals surface area (Å²) in [6.45, 7) is 6.68. The first-order chi connectivity index (χ1) is 11.4. The molecule has 1 atom stereocenters. The van der Waals surface area contributed by atoms with E-state index in [2.05, 4.69) is 24.1 Å². The molecule has 1 unspecified atom stereocenters. The molecule has 0 aliphatic heterocycles. The van der Waals surface area contributed by atoms with Crippen molar-refractivity contribution in [3.63, 3.8) is 0 Å². The molecular formula is C17H25ClN4O3. The molecule has 0 aliphatic rings. The third kappa shape index (κ3) is 4.70. The van der Waals surface area contributed by atoms with Gasteiger partial charge < -0.3 is 20.6 Å². The van der Waals surface area contributed by atoms with Crippen molar-refractivity contribution in [1.82, 2.24) is 14.9 Å². The second kappa shape index (κ2) is 8.82. The topological polar surface area (TPSA) is 110 Å². The van der Waals surface area contributed by atoms with Crippen molar-refractivity contribution in [1.29, 1.82) is 0 Å². The summed E-state index contributed by atoms with van der Waals surface area (Å²) >= 11 is 0. The van der Waals surface area contributed by atoms with Crippen molar-refractivity contribution in [2.45, 2.75) is 39.8 Å². The van der Waals surface area contributed by atoms with Crippen molar-refractivity contribution in [2.75, 3.05) is 6.54 Å². The summed E-state index contributed by atoms with van der Waals surface area (Å²) in [7, 11) is 0. The van der Waals surface area contributed by atoms with Crippen molar-refractivity contribution in [3.8, 4) is 0 Å². The van der Waals surface area contributed by atoms with Gasteiger partial charge in [-0.25, -0.2) is 0 Å². The number of amides is 1. The molecule has 138 valence electrons. The van der Waals surface area contributed by atoms with Crippen LogP contribution in [0, 0.1) is 5.92 Å². The molecule has 1 amide bonds. The summed E-state index contributed by atoms with van der Waals surface area (Å²) in [5.74, 6) is 0.175. The van der Waals surface area contributed by atoms with Crippen molar-refractivity contribution >= 4 is 29.3 Å². The van der Waals surface area contributed by atoms with Crippen LogP contribution in [0.3, 0.4) is 0 Å². The van der Waals surface area contributed by atoms with Crippen LogP contribution in [0.2, 0.25) is 0 Å². The second-order valence-corrected chi connectivity index (χ2v) is 6.27. The minimum Gasteiger partial charge on any atom is -0.348 e. The molecular weight excluding hydrogens is 344 g/mol. The lowest BCUT2D eigenvalue weighted by atomic mass is 10.0. The molecule has 0 bridgehead atoms. The van der Waals surface area contributed by atoms with E-state index in [1.807, 2.05) is 0 Å². The van der Waals surface area contributed by atoms with E-state index in [4.69, 9.17) is 5.73 Å². The number of aromatic amines is 1. The number of hydrogen-bond acceptors (Lipinski definition) is 4. The smallest absolute Gasteiger partial charge is 0.316 e. The van der Waals surface area contributed by atoms with Crippen LogP contribution in [0.15, 0.2) is 27.8 Å². The third-order valence-corrected chi connectivity index (χ3v) is 3.93. The Balaban J connectivity index is 0.00000312. The molecule has 1 aromatic heterocycles. The van der Waals surface area contributed by atoms with Gasteiger partial charge in [-0.05, 0) is 37.5 Å². The molecule has 8 heteroatoms. The summed E-state index contributed by atoms with van der Waals surface area (Å²) in [5.41, 5.74) is 5.90. The summed E-state index contributed by atoms with van der Waals surface area (Å²) in [4.78, 5) is 38.5. The maximum atomic E-state index is 12.4. The number of carbonyl (C=O) groups excluding carboxylic acids is 1. The monoisotopic (exact) mass is 368 g/mol. The highest BCUT2D eigenvalue weighted by Crippen LogP contribution is 2.12. The Hall–Kier alpha value is -2.12. The van der Waals surface area contributed by atoms with Crippen LogP contribution in [0.5, 0.6) is 0 Å². The Bertz CT molecular complexity index is 857. The lowest BCUT2D eigenvalue weighted by molar-refractivity contribution is 0.0934. The van der Waals surface area contributed by atoms with Crippen LogP contribution in [0.1, 0.15) is 37.6 Å². The van der Waals surface area contributed by atoms with Gasteiger partial charge in [-0.1, -0.05) is 13.8 Å². The quantitative estimate of drug-likeness (QED) is 0.666. The molecule has 0 spiro atoms. The van der Waals surface area contributed by atoms with E-state index in [-0.39, 0.29) is 24.4 Å². The fourth-order valence-corrected chi connectivity index (χ4v) is 2.79. The van der Waals surface area contributed by atoms with Gasteiger partial charge in [0.15, 0.2) is 0 Å². The standard InChI is InChI=1S/C17H24N4O3.ClH/c1-4-21-14-6-5-11(8-13(14)20-16(23)17(21)24)15(22)19-12(9-18)7-10(2)3;/h5-6,8,10,12H,4,7,9,18H2,1-3H3,(H,19,22)(H,20,23);1H. The fourth-order valence-electron chi connectivity index (χ4n) is 2.79. The predicted molar refractivity (Wildman–Crippen MR) is 102 cm³/mol. The Labute approximate surface area is 152 Å². The fraction of sp³-hybridized carbons (Fsp3) is 0.471. The number of nitrogens with two attached hydrogens (primary N) is 1. The van der Waals surface area contributed by atoms with Gasteiger partial charge in [0, 0.05) is 24.7 Å². The molecule has 4 N–H and O–H groups in total. The number of hydrogen-bond donors (Lipinski definition) is 3. The Morgan fingerprint density at radius 3 is 2.56 bits per heavy atom. The van der Waals surface area contributed by atoms with E-state index >= 15 is 0 Å². The van der Waals surface area contributed by atoms with Crippen molar-refractivity contribution < 1.29 is 4.79 Å². The zero-order valence-electron chi connectivity index (χ0n) is 14.7. The molecule has 0 radical (unpaired) electrons. The first-order valence-electron chi connectivity index (χ1n) is 8.15. The SMILES string of the molecule is CCn1c(=O)c(=O)[nH]c2cc(C(=O)NC(CN)CC(C)C)ccc21.Cl. The van der Waals surface area contributed by atoms with Gasteiger partial charge in [0.25, 0.3) is 5.91 Å². The molecule has 2 rings (SSSR count). The van der Waals surface area contributed by atoms with E-state index in [1.54, 1.807) is 25.1 Å². The number of nitrogens with one attached hydrogen (secondary N) is 2. The van der Waals surface area contributed by atoms with E-state index in [0.717, 1.165) is 6.42 Å². The summed E-state index contributed by atoms with van der Waals surface area (Å²) in [6, 6.07) is 4.80. The average Bonchev–Trinajstić information content (AvgIpc) is 2.54. The third-order valence-electron chi connectivity index (χ3n) is 3.93. The Morgan fingerprint density at radius 1 is 1.32 bits per heavy atom. The molecule has 7 nitrogen and oxygen atoms in total. The van der Waals surface area contributed by atoms with Crippen LogP contribution in [-0.4, -0.2) is 28.0 Å². The Morgan fingerprint density at radius 2 is 2.00 bits per heavy atom. The number of halogens is 1. The second-order valence-electron chi connectivity index (χ2n) is 6.27. The van der Waals surface area contributed by atoms with E-state index in [1.165, 1.54) is 4.57 Å². The first-order valence-corrected chi connectivity index (χ1v) is 8.15. The molecule has 25 heavy (non-hydrogen) atoms. The number of aryl methyl sites for hydroxylation is 1. The van der Waals surface area contributed by atoms with E-state index in [9.17, 15) is 14.4 Å². The van der Waals surface area contributed by atoms with Gasteiger partial charge in [-0.15, -0.1) is 12.4 Å². The maximum Gasteiger partial charge on any atom is 0.316 e. The lowest BCUT2D eigenvalue weighted by Gasteiger charge is -2.19. The number of carbonyl (C=O) groups is 1. The normalized spacial score (nSPS) is 12.0. The van der Waals surface area contributed by atoms with Crippen LogP contribution in [-0.2, 0) is 6.54 Å². The number of fused-ring (bicyclic) bond motifs is 1. The van der Waals surface area contributed by atoms with Gasteiger partial charge >= 0.3 is 11.1 Å². The average molecular weight is 369 g/mol. The molecule has 0 fully saturated rings. The highest BCUT2D eigenvalue weighted by molar-refractivity contribution is 5.97. The number of nitrogens with zero attached hydrogens (tertiary/aromatic N) is 1. The summed E-state index contributed by atoms with van der Waals surface area (Å²) in [6.07, 6.45) is 0.794. The van der Waals surface area contributed by atoms with E-state index in [0.29, 0.717) is 35.6 Å². The zero-order valence-corrected chi connectivity index (χ0v) is 15.5. The largest absolute Gasteiger partial charge is 0.348 e. The molecule has 0 aliphatic carbocycles. The van der Waals surface area contributed by atoms with Gasteiger partial charge in [0.05, 0.1) is 11.0 Å². The summed E-state index contributed by atoms with van der Waals surface area (Å²) in [5, 5.41) is 2.91. The van der Waals surface area contributed by atoms with Gasteiger partial charge in [-0.3, -0.25) is 14.4 Å². The highest BCUT2D eigenvalue weighted by atomic mass is 35.5. The Kier molecular flexibility index (Phi) is 7.38. The highest BCUT2D eigenvalue weighted by Gasteiger charge is 2.15. The number of benzene rings is 1. The zero-order chi connectivity index (χ0) is 17.9. The van der Waals surface area contributed by atoms with Crippen LogP contribution in [0.4, 0.5) is 0 Å².